The predicted molar refractivity (Wildman–Crippen MR) is 92.4 cm³/mol. The van der Waals surface area contributed by atoms with Gasteiger partial charge < -0.3 is 0 Å². The summed E-state index contributed by atoms with van der Waals surface area (Å²) in [6.45, 7) is 0. The molecule has 2 atom stereocenters. The Morgan fingerprint density at radius 2 is 1.05 bits per heavy atom. The van der Waals surface area contributed by atoms with E-state index in [-0.39, 0.29) is 19.8 Å². The fraction of sp³-hybridized carbons (Fsp3) is 0.100. The third-order valence-electron chi connectivity index (χ3n) is 3.56. The maximum absolute atomic E-state index is 10.9. The molecular formula is C20H18OSe. The van der Waals surface area contributed by atoms with Crippen LogP contribution in [0.1, 0.15) is 22.0 Å². The molecule has 0 aliphatic carbocycles. The second-order valence-corrected chi connectivity index (χ2v) is 7.67. The van der Waals surface area contributed by atoms with Crippen LogP contribution in [0.3, 0.4) is 0 Å². The van der Waals surface area contributed by atoms with Crippen LogP contribution in [0, 0.1) is 0 Å². The summed E-state index contributed by atoms with van der Waals surface area (Å²) < 4.78 is 1.30. The van der Waals surface area contributed by atoms with Crippen molar-refractivity contribution in [2.45, 2.75) is 10.9 Å². The Bertz CT molecular complexity index is 683. The first kappa shape index (κ1) is 15.1. The van der Waals surface area contributed by atoms with Gasteiger partial charge in [-0.1, -0.05) is 0 Å². The molecule has 0 aromatic heterocycles. The fourth-order valence-corrected chi connectivity index (χ4v) is 4.92. The van der Waals surface area contributed by atoms with Crippen LogP contribution in [-0.4, -0.2) is 20.1 Å². The van der Waals surface area contributed by atoms with Gasteiger partial charge in [-0.25, -0.2) is 0 Å². The van der Waals surface area contributed by atoms with Gasteiger partial charge in [-0.05, 0) is 0 Å². The van der Waals surface area contributed by atoms with E-state index in [0.717, 1.165) is 5.56 Å². The van der Waals surface area contributed by atoms with Gasteiger partial charge in [-0.2, -0.15) is 0 Å². The number of aliphatic hydroxyl groups is 1. The number of hydrogen-bond acceptors (Lipinski definition) is 1. The normalized spacial score (nSPS) is 13.5. The Balaban J connectivity index is 1.93. The minimum absolute atomic E-state index is 0.110. The molecule has 0 heterocycles. The quantitative estimate of drug-likeness (QED) is 0.696. The molecule has 0 aliphatic heterocycles. The fourth-order valence-electron chi connectivity index (χ4n) is 2.43. The molecule has 1 nitrogen and oxygen atoms in total. The summed E-state index contributed by atoms with van der Waals surface area (Å²) in [5, 5.41) is 10.9. The number of rotatable bonds is 5. The van der Waals surface area contributed by atoms with E-state index < -0.39 is 6.10 Å². The summed E-state index contributed by atoms with van der Waals surface area (Å²) in [7, 11) is 0. The van der Waals surface area contributed by atoms with E-state index in [1.54, 1.807) is 0 Å². The van der Waals surface area contributed by atoms with Gasteiger partial charge in [-0.3, -0.25) is 0 Å². The van der Waals surface area contributed by atoms with Crippen LogP contribution in [-0.2, 0) is 0 Å². The van der Waals surface area contributed by atoms with E-state index in [0.29, 0.717) is 0 Å². The Morgan fingerprint density at radius 1 is 0.591 bits per heavy atom. The number of benzene rings is 3. The summed E-state index contributed by atoms with van der Waals surface area (Å²) >= 11 is 0.165. The Kier molecular flexibility index (Phi) is 5.07. The van der Waals surface area contributed by atoms with E-state index in [1.165, 1.54) is 10.0 Å². The first-order valence-corrected chi connectivity index (χ1v) is 9.19. The summed E-state index contributed by atoms with van der Waals surface area (Å²) in [4.78, 5) is 0.110. The third kappa shape index (κ3) is 3.66. The molecule has 0 spiro atoms. The van der Waals surface area contributed by atoms with Crippen molar-refractivity contribution in [1.82, 2.24) is 0 Å². The molecule has 3 aromatic rings. The van der Waals surface area contributed by atoms with Gasteiger partial charge in [0.2, 0.25) is 0 Å². The molecule has 0 radical (unpaired) electrons. The zero-order valence-corrected chi connectivity index (χ0v) is 13.9. The molecule has 3 aromatic carbocycles. The Labute approximate surface area is 137 Å². The van der Waals surface area contributed by atoms with Crippen LogP contribution in [0.4, 0.5) is 0 Å². The average Bonchev–Trinajstić information content (AvgIpc) is 2.61. The van der Waals surface area contributed by atoms with E-state index in [2.05, 4.69) is 36.4 Å². The molecule has 0 fully saturated rings. The van der Waals surface area contributed by atoms with Gasteiger partial charge in [-0.15, -0.1) is 0 Å². The van der Waals surface area contributed by atoms with Crippen LogP contribution >= 0.6 is 0 Å². The van der Waals surface area contributed by atoms with Gasteiger partial charge in [0.15, 0.2) is 0 Å². The Morgan fingerprint density at radius 3 is 1.59 bits per heavy atom. The molecule has 110 valence electrons. The van der Waals surface area contributed by atoms with E-state index in [4.69, 9.17) is 0 Å². The second kappa shape index (κ2) is 7.42. The van der Waals surface area contributed by atoms with E-state index in [9.17, 15) is 5.11 Å². The zero-order valence-electron chi connectivity index (χ0n) is 12.2. The predicted octanol–water partition coefficient (Wildman–Crippen LogP) is 3.49. The monoisotopic (exact) mass is 354 g/mol. The molecule has 22 heavy (non-hydrogen) atoms. The molecule has 0 saturated heterocycles. The van der Waals surface area contributed by atoms with Gasteiger partial charge in [0, 0.05) is 0 Å². The summed E-state index contributed by atoms with van der Waals surface area (Å²) in [6, 6.07) is 30.7. The summed E-state index contributed by atoms with van der Waals surface area (Å²) in [6.07, 6.45) is -0.483. The minimum atomic E-state index is -0.483. The molecule has 3 rings (SSSR count). The van der Waals surface area contributed by atoms with Crippen molar-refractivity contribution in [2.75, 3.05) is 0 Å². The average molecular weight is 353 g/mol. The van der Waals surface area contributed by atoms with Crippen LogP contribution in [0.15, 0.2) is 91.0 Å². The summed E-state index contributed by atoms with van der Waals surface area (Å²) in [5.41, 5.74) is 2.18. The molecule has 2 unspecified atom stereocenters. The van der Waals surface area contributed by atoms with Crippen molar-refractivity contribution < 1.29 is 5.11 Å². The molecule has 0 amide bonds. The van der Waals surface area contributed by atoms with Gasteiger partial charge in [0.25, 0.3) is 0 Å². The Hall–Kier alpha value is -1.86. The molecule has 0 saturated carbocycles. The van der Waals surface area contributed by atoms with Gasteiger partial charge in [0.1, 0.15) is 0 Å². The van der Waals surface area contributed by atoms with E-state index in [1.807, 2.05) is 54.6 Å². The van der Waals surface area contributed by atoms with Crippen molar-refractivity contribution in [1.29, 1.82) is 0 Å². The zero-order chi connectivity index (χ0) is 15.2. The standard InChI is InChI=1S/C20H18OSe/c21-19(16-10-4-1-5-11-16)20(17-12-6-2-7-13-17)22-18-14-8-3-9-15-18/h1-15,19-21H. The van der Waals surface area contributed by atoms with E-state index >= 15 is 0 Å². The molecule has 0 aliphatic rings. The third-order valence-corrected chi connectivity index (χ3v) is 6.35. The first-order valence-electron chi connectivity index (χ1n) is 7.34. The van der Waals surface area contributed by atoms with Crippen LogP contribution in [0.5, 0.6) is 0 Å². The van der Waals surface area contributed by atoms with Crippen molar-refractivity contribution in [3.8, 4) is 0 Å². The first-order chi connectivity index (χ1) is 10.8. The molecule has 2 heteroatoms. The van der Waals surface area contributed by atoms with Gasteiger partial charge in [0.05, 0.1) is 0 Å². The van der Waals surface area contributed by atoms with Crippen molar-refractivity contribution in [3.63, 3.8) is 0 Å². The second-order valence-electron chi connectivity index (χ2n) is 5.12. The summed E-state index contributed by atoms with van der Waals surface area (Å²) in [5.74, 6) is 0. The van der Waals surface area contributed by atoms with Gasteiger partial charge >= 0.3 is 138 Å². The van der Waals surface area contributed by atoms with Crippen LogP contribution in [0.2, 0.25) is 0 Å². The van der Waals surface area contributed by atoms with Crippen molar-refractivity contribution in [2.24, 2.45) is 0 Å². The SMILES string of the molecule is OC(c1ccccc1)C([Se]c1ccccc1)c1ccccc1. The van der Waals surface area contributed by atoms with Crippen LogP contribution in [0.25, 0.3) is 0 Å². The molecule has 0 bridgehead atoms. The van der Waals surface area contributed by atoms with Crippen molar-refractivity contribution >= 4 is 19.4 Å². The molecule has 1 N–H and O–H groups in total. The number of hydrogen-bond donors (Lipinski definition) is 1. The van der Waals surface area contributed by atoms with Crippen molar-refractivity contribution in [3.05, 3.63) is 102 Å². The topological polar surface area (TPSA) is 20.2 Å². The number of aliphatic hydroxyl groups excluding tert-OH is 1. The maximum atomic E-state index is 10.9. The van der Waals surface area contributed by atoms with Crippen LogP contribution < -0.4 is 4.46 Å². The molecular weight excluding hydrogens is 335 g/mol.